The third kappa shape index (κ3) is 5.27. The fourth-order valence-corrected chi connectivity index (χ4v) is 4.56. The lowest BCUT2D eigenvalue weighted by Gasteiger charge is -2.32. The highest BCUT2D eigenvalue weighted by atomic mass is 32.2. The van der Waals surface area contributed by atoms with Crippen LogP contribution in [-0.4, -0.2) is 48.8 Å². The third-order valence-corrected chi connectivity index (χ3v) is 6.84. The molecule has 2 heterocycles. The van der Waals surface area contributed by atoms with Gasteiger partial charge in [-0.1, -0.05) is 6.58 Å². The van der Waals surface area contributed by atoms with Crippen LogP contribution in [0.5, 0.6) is 0 Å². The van der Waals surface area contributed by atoms with Crippen LogP contribution in [0.1, 0.15) is 25.3 Å². The van der Waals surface area contributed by atoms with E-state index >= 15 is 0 Å². The lowest BCUT2D eigenvalue weighted by molar-refractivity contribution is 0.330. The lowest BCUT2D eigenvalue weighted by atomic mass is 10.0. The minimum absolute atomic E-state index is 0.122. The molecule has 0 aliphatic carbocycles. The van der Waals surface area contributed by atoms with Gasteiger partial charge in [0.2, 0.25) is 10.0 Å². The number of hydrogen-bond acceptors (Lipinski definition) is 5. The summed E-state index contributed by atoms with van der Waals surface area (Å²) >= 11 is 0. The van der Waals surface area contributed by atoms with Gasteiger partial charge in [-0.05, 0) is 55.0 Å². The number of halogens is 1. The number of aromatic nitrogens is 1. The molecule has 0 radical (unpaired) electrons. The molecule has 1 aliphatic heterocycles. The predicted octanol–water partition coefficient (Wildman–Crippen LogP) is 3.99. The molecule has 0 spiro atoms. The quantitative estimate of drug-likeness (QED) is 0.693. The molecule has 0 amide bonds. The largest absolute Gasteiger partial charge is 0.382 e. The highest BCUT2D eigenvalue weighted by Crippen LogP contribution is 2.28. The van der Waals surface area contributed by atoms with Crippen molar-refractivity contribution in [2.45, 2.75) is 25.8 Å². The molecule has 1 aromatic heterocycles. The number of fused-ring (bicyclic) bond motifs is 1. The Morgan fingerprint density at radius 2 is 2.17 bits per heavy atom. The molecule has 29 heavy (non-hydrogen) atoms. The first kappa shape index (κ1) is 21.1. The van der Waals surface area contributed by atoms with Gasteiger partial charge in [-0.25, -0.2) is 17.1 Å². The van der Waals surface area contributed by atoms with Crippen LogP contribution in [0.3, 0.4) is 0 Å². The van der Waals surface area contributed by atoms with Gasteiger partial charge in [0.25, 0.3) is 0 Å². The summed E-state index contributed by atoms with van der Waals surface area (Å²) in [6.45, 7) is 6.09. The smallest absolute Gasteiger partial charge is 0.213 e. The molecule has 0 saturated carbocycles. The zero-order chi connectivity index (χ0) is 20.9. The Kier molecular flexibility index (Phi) is 6.76. The number of aliphatic imine (C=N–C) groups is 1. The zero-order valence-corrected chi connectivity index (χ0v) is 17.2. The van der Waals surface area contributed by atoms with Crippen LogP contribution >= 0.6 is 0 Å². The van der Waals surface area contributed by atoms with Crippen molar-refractivity contribution in [2.75, 3.05) is 24.2 Å². The van der Waals surface area contributed by atoms with Gasteiger partial charge in [0.1, 0.15) is 5.83 Å². The summed E-state index contributed by atoms with van der Waals surface area (Å²) in [4.78, 5) is 7.90. The minimum Gasteiger partial charge on any atom is -0.382 e. The van der Waals surface area contributed by atoms with E-state index in [2.05, 4.69) is 21.9 Å². The van der Waals surface area contributed by atoms with Crippen LogP contribution in [0.15, 0.2) is 54.2 Å². The lowest BCUT2D eigenvalue weighted by Crippen LogP contribution is -2.42. The van der Waals surface area contributed by atoms with Crippen LogP contribution < -0.4 is 5.32 Å². The van der Waals surface area contributed by atoms with Crippen molar-refractivity contribution < 1.29 is 12.8 Å². The molecule has 1 fully saturated rings. The van der Waals surface area contributed by atoms with Crippen LogP contribution in [0.25, 0.3) is 16.8 Å². The Morgan fingerprint density at radius 1 is 1.41 bits per heavy atom. The van der Waals surface area contributed by atoms with Crippen molar-refractivity contribution in [2.24, 2.45) is 4.99 Å². The number of rotatable bonds is 7. The molecule has 0 atom stereocenters. The molecular weight excluding hydrogens is 391 g/mol. The van der Waals surface area contributed by atoms with E-state index < -0.39 is 15.9 Å². The Bertz CT molecular complexity index is 1040. The number of pyridine rings is 1. The first-order chi connectivity index (χ1) is 13.9. The van der Waals surface area contributed by atoms with Gasteiger partial charge in [-0.3, -0.25) is 9.98 Å². The molecule has 154 valence electrons. The van der Waals surface area contributed by atoms with E-state index in [9.17, 15) is 12.8 Å². The van der Waals surface area contributed by atoms with Crippen LogP contribution in [0, 0.1) is 0 Å². The number of nitrogens with one attached hydrogen (secondary N) is 1. The average Bonchev–Trinajstić information content (AvgIpc) is 2.72. The van der Waals surface area contributed by atoms with Crippen molar-refractivity contribution in [3.8, 4) is 0 Å². The average molecular weight is 417 g/mol. The molecule has 8 heteroatoms. The number of sulfonamides is 1. The molecular formula is C21H25FN4O2S. The van der Waals surface area contributed by atoms with Crippen LogP contribution in [-0.2, 0) is 10.0 Å². The van der Waals surface area contributed by atoms with Gasteiger partial charge in [0, 0.05) is 48.8 Å². The summed E-state index contributed by atoms with van der Waals surface area (Å²) in [5, 5.41) is 5.39. The maximum absolute atomic E-state index is 14.0. The molecule has 0 bridgehead atoms. The van der Waals surface area contributed by atoms with Gasteiger partial charge < -0.3 is 5.32 Å². The van der Waals surface area contributed by atoms with Crippen molar-refractivity contribution in [3.05, 3.63) is 54.8 Å². The Labute approximate surface area is 170 Å². The monoisotopic (exact) mass is 416 g/mol. The first-order valence-corrected chi connectivity index (χ1v) is 11.2. The second-order valence-corrected chi connectivity index (χ2v) is 9.13. The molecule has 3 rings (SSSR count). The molecule has 1 N–H and O–H groups in total. The summed E-state index contributed by atoms with van der Waals surface area (Å²) in [7, 11) is -3.15. The van der Waals surface area contributed by atoms with Gasteiger partial charge in [0.15, 0.2) is 0 Å². The predicted molar refractivity (Wildman–Crippen MR) is 117 cm³/mol. The number of piperidine rings is 1. The van der Waals surface area contributed by atoms with Crippen LogP contribution in [0.4, 0.5) is 10.1 Å². The summed E-state index contributed by atoms with van der Waals surface area (Å²) in [6.07, 6.45) is 8.69. The van der Waals surface area contributed by atoms with Crippen molar-refractivity contribution in [3.63, 3.8) is 0 Å². The molecule has 1 aromatic carbocycles. The normalized spacial score (nSPS) is 17.1. The van der Waals surface area contributed by atoms with E-state index in [1.165, 1.54) is 12.3 Å². The maximum atomic E-state index is 14.0. The SMILES string of the molecule is C=CN=C/C(F)=C/c1cc(NC2CCN(S(=O)(=O)CC)CC2)c2cnccc2c1. The van der Waals surface area contributed by atoms with Gasteiger partial charge in [0.05, 0.1) is 12.0 Å². The number of nitrogens with zero attached hydrogens (tertiary/aromatic N) is 3. The number of allylic oxidation sites excluding steroid dienone is 1. The van der Waals surface area contributed by atoms with Crippen molar-refractivity contribution in [1.82, 2.24) is 9.29 Å². The van der Waals surface area contributed by atoms with E-state index in [4.69, 9.17) is 0 Å². The summed E-state index contributed by atoms with van der Waals surface area (Å²) < 4.78 is 39.7. The Morgan fingerprint density at radius 3 is 2.86 bits per heavy atom. The zero-order valence-electron chi connectivity index (χ0n) is 16.4. The third-order valence-electron chi connectivity index (χ3n) is 4.96. The first-order valence-electron chi connectivity index (χ1n) is 9.56. The number of anilines is 1. The topological polar surface area (TPSA) is 74.7 Å². The van der Waals surface area contributed by atoms with E-state index in [0.717, 1.165) is 22.7 Å². The molecule has 2 aromatic rings. The molecule has 6 nitrogen and oxygen atoms in total. The maximum Gasteiger partial charge on any atom is 0.213 e. The molecule has 0 unspecified atom stereocenters. The number of hydrogen-bond donors (Lipinski definition) is 1. The number of benzene rings is 1. The standard InChI is InChI=1S/C21H25FN4O2S/c1-3-23-14-18(22)12-16-11-17-5-8-24-15-20(17)21(13-16)25-19-6-9-26(10-7-19)29(27,28)4-2/h3,5,8,11-15,19,25H,1,4,6-7,9-10H2,2H3/b18-12-,23-14?. The second-order valence-electron chi connectivity index (χ2n) is 6.87. The Balaban J connectivity index is 1.83. The highest BCUT2D eigenvalue weighted by Gasteiger charge is 2.26. The summed E-state index contributed by atoms with van der Waals surface area (Å²) in [5.74, 6) is -0.349. The highest BCUT2D eigenvalue weighted by molar-refractivity contribution is 7.89. The second kappa shape index (κ2) is 9.28. The van der Waals surface area contributed by atoms with E-state index in [1.807, 2.05) is 18.2 Å². The van der Waals surface area contributed by atoms with E-state index in [0.29, 0.717) is 31.5 Å². The Hall–Kier alpha value is -2.58. The van der Waals surface area contributed by atoms with Crippen LogP contribution in [0.2, 0.25) is 0 Å². The molecule has 1 saturated heterocycles. The fraction of sp³-hybridized carbons (Fsp3) is 0.333. The van der Waals surface area contributed by atoms with Crippen molar-refractivity contribution in [1.29, 1.82) is 0 Å². The van der Waals surface area contributed by atoms with Gasteiger partial charge in [-0.15, -0.1) is 0 Å². The van der Waals surface area contributed by atoms with E-state index in [-0.39, 0.29) is 11.8 Å². The molecule has 1 aliphatic rings. The summed E-state index contributed by atoms with van der Waals surface area (Å²) in [5.41, 5.74) is 1.55. The van der Waals surface area contributed by atoms with Crippen molar-refractivity contribution >= 4 is 38.8 Å². The minimum atomic E-state index is -3.15. The van der Waals surface area contributed by atoms with E-state index in [1.54, 1.807) is 23.6 Å². The van der Waals surface area contributed by atoms with Gasteiger partial charge >= 0.3 is 0 Å². The van der Waals surface area contributed by atoms with Gasteiger partial charge in [-0.2, -0.15) is 0 Å². The summed E-state index contributed by atoms with van der Waals surface area (Å²) in [6, 6.07) is 5.78. The fourth-order valence-electron chi connectivity index (χ4n) is 3.43.